The Morgan fingerprint density at radius 1 is 1.00 bits per heavy atom. The highest BCUT2D eigenvalue weighted by Crippen LogP contribution is 2.29. The molecule has 0 unspecified atom stereocenters. The average molecular weight is 272 g/mol. The van der Waals surface area contributed by atoms with Crippen molar-refractivity contribution in [3.63, 3.8) is 0 Å². The normalized spacial score (nSPS) is 13.4. The molecule has 106 valence electrons. The third kappa shape index (κ3) is 5.48. The summed E-state index contributed by atoms with van der Waals surface area (Å²) in [7, 11) is -1.07. The van der Waals surface area contributed by atoms with Crippen LogP contribution in [0.1, 0.15) is 41.0 Å². The van der Waals surface area contributed by atoms with Crippen LogP contribution in [-0.4, -0.2) is 27.1 Å². The molecule has 0 heterocycles. The van der Waals surface area contributed by atoms with Crippen molar-refractivity contribution in [1.29, 1.82) is 0 Å². The molecule has 3 nitrogen and oxygen atoms in total. The van der Waals surface area contributed by atoms with Gasteiger partial charge in [0.2, 0.25) is 0 Å². The van der Waals surface area contributed by atoms with Gasteiger partial charge in [0.25, 0.3) is 0 Å². The van der Waals surface area contributed by atoms with Crippen LogP contribution in [0.3, 0.4) is 0 Å². The largest absolute Gasteiger partial charge is 0.501 e. The van der Waals surface area contributed by atoms with Crippen LogP contribution in [0.4, 0.5) is 0 Å². The molecule has 0 radical (unpaired) electrons. The van der Waals surface area contributed by atoms with Crippen LogP contribution < -0.4 is 0 Å². The molecule has 0 saturated heterocycles. The summed E-state index contributed by atoms with van der Waals surface area (Å²) in [5.41, 5.74) is -0.927. The minimum atomic E-state index is -2.72. The Hall–Kier alpha value is -0.423. The minimum Gasteiger partial charge on any atom is -0.377 e. The lowest BCUT2D eigenvalue weighted by Crippen LogP contribution is -2.53. The third-order valence-electron chi connectivity index (χ3n) is 2.69. The monoisotopic (exact) mass is 272 g/mol. The standard InChI is InChI=1S/C14H28O3Si/c1-9-12-18(15-8,16-13(4,5)10-2)17-14(6,7)11-3/h10-11H,2-3,9,12H2,1,4-8H3. The molecule has 0 rings (SSSR count). The first kappa shape index (κ1) is 17.6. The van der Waals surface area contributed by atoms with Crippen LogP contribution in [0.5, 0.6) is 0 Å². The predicted octanol–water partition coefficient (Wildman–Crippen LogP) is 3.94. The second-order valence-corrected chi connectivity index (χ2v) is 8.14. The maximum absolute atomic E-state index is 6.13. The molecule has 0 aliphatic rings. The van der Waals surface area contributed by atoms with Crippen molar-refractivity contribution in [3.8, 4) is 0 Å². The lowest BCUT2D eigenvalue weighted by atomic mass is 10.1. The Balaban J connectivity index is 5.15. The van der Waals surface area contributed by atoms with E-state index in [0.29, 0.717) is 0 Å². The Morgan fingerprint density at radius 2 is 1.39 bits per heavy atom. The van der Waals surface area contributed by atoms with E-state index in [-0.39, 0.29) is 0 Å². The average Bonchev–Trinajstić information content (AvgIpc) is 2.28. The Kier molecular flexibility index (Phi) is 6.50. The maximum Gasteiger partial charge on any atom is 0.501 e. The second kappa shape index (κ2) is 6.66. The first-order valence-corrected chi connectivity index (χ1v) is 8.32. The Labute approximate surface area is 113 Å². The Morgan fingerprint density at radius 3 is 1.61 bits per heavy atom. The summed E-state index contributed by atoms with van der Waals surface area (Å²) in [4.78, 5) is 0. The lowest BCUT2D eigenvalue weighted by Gasteiger charge is -2.39. The smallest absolute Gasteiger partial charge is 0.377 e. The topological polar surface area (TPSA) is 27.7 Å². The van der Waals surface area contributed by atoms with Crippen LogP contribution >= 0.6 is 0 Å². The highest BCUT2D eigenvalue weighted by atomic mass is 28.4. The highest BCUT2D eigenvalue weighted by molar-refractivity contribution is 6.61. The fourth-order valence-corrected chi connectivity index (χ4v) is 4.50. The molecule has 0 aromatic heterocycles. The van der Waals surface area contributed by atoms with E-state index < -0.39 is 20.0 Å². The summed E-state index contributed by atoms with van der Waals surface area (Å²) in [5.74, 6) is 0. The molecular formula is C14H28O3Si. The van der Waals surface area contributed by atoms with E-state index in [1.165, 1.54) is 0 Å². The van der Waals surface area contributed by atoms with Crippen molar-refractivity contribution in [2.75, 3.05) is 7.11 Å². The van der Waals surface area contributed by atoms with Gasteiger partial charge in [-0.3, -0.25) is 0 Å². The summed E-state index contributed by atoms with van der Waals surface area (Å²) in [6.07, 6.45) is 4.49. The SMILES string of the molecule is C=CC(C)(C)O[Si](CCC)(OC)OC(C)(C)C=C. The molecule has 0 saturated carbocycles. The van der Waals surface area contributed by atoms with Gasteiger partial charge in [0, 0.05) is 13.2 Å². The fraction of sp³-hybridized carbons (Fsp3) is 0.714. The third-order valence-corrected chi connectivity index (χ3v) is 6.10. The molecule has 0 bridgehead atoms. The number of rotatable bonds is 9. The van der Waals surface area contributed by atoms with E-state index in [1.54, 1.807) is 19.3 Å². The van der Waals surface area contributed by atoms with Crippen molar-refractivity contribution in [1.82, 2.24) is 0 Å². The summed E-state index contributed by atoms with van der Waals surface area (Å²) >= 11 is 0. The number of hydrogen-bond donors (Lipinski definition) is 0. The van der Waals surface area contributed by atoms with Gasteiger partial charge in [0.05, 0.1) is 11.2 Å². The predicted molar refractivity (Wildman–Crippen MR) is 78.6 cm³/mol. The van der Waals surface area contributed by atoms with Gasteiger partial charge in [0.15, 0.2) is 0 Å². The van der Waals surface area contributed by atoms with Crippen molar-refractivity contribution < 1.29 is 13.3 Å². The van der Waals surface area contributed by atoms with Crippen LogP contribution in [0.15, 0.2) is 25.3 Å². The molecule has 0 aromatic rings. The van der Waals surface area contributed by atoms with E-state index in [0.717, 1.165) is 12.5 Å². The molecule has 4 heteroatoms. The van der Waals surface area contributed by atoms with Gasteiger partial charge in [0.1, 0.15) is 0 Å². The van der Waals surface area contributed by atoms with E-state index in [9.17, 15) is 0 Å². The Bertz CT molecular complexity index is 263. The highest BCUT2D eigenvalue weighted by Gasteiger charge is 2.46. The first-order valence-electron chi connectivity index (χ1n) is 6.38. The van der Waals surface area contributed by atoms with Gasteiger partial charge >= 0.3 is 8.80 Å². The van der Waals surface area contributed by atoms with Gasteiger partial charge < -0.3 is 13.3 Å². The second-order valence-electron chi connectivity index (χ2n) is 5.46. The first-order chi connectivity index (χ1) is 8.16. The van der Waals surface area contributed by atoms with Crippen molar-refractivity contribution in [2.24, 2.45) is 0 Å². The van der Waals surface area contributed by atoms with Gasteiger partial charge in [-0.05, 0) is 27.7 Å². The molecule has 0 aliphatic carbocycles. The molecule has 0 fully saturated rings. The van der Waals surface area contributed by atoms with Gasteiger partial charge in [-0.25, -0.2) is 0 Å². The van der Waals surface area contributed by atoms with Crippen molar-refractivity contribution >= 4 is 8.80 Å². The van der Waals surface area contributed by atoms with E-state index in [4.69, 9.17) is 13.3 Å². The number of hydrogen-bond acceptors (Lipinski definition) is 3. The molecule has 18 heavy (non-hydrogen) atoms. The molecule has 0 spiro atoms. The molecule has 0 N–H and O–H groups in total. The lowest BCUT2D eigenvalue weighted by molar-refractivity contribution is -0.0169. The quantitative estimate of drug-likeness (QED) is 0.470. The molecule has 0 aliphatic heterocycles. The minimum absolute atomic E-state index is 0.464. The van der Waals surface area contributed by atoms with E-state index >= 15 is 0 Å². The molecule has 0 aromatic carbocycles. The zero-order chi connectivity index (χ0) is 14.4. The van der Waals surface area contributed by atoms with Gasteiger partial charge in [-0.1, -0.05) is 25.5 Å². The van der Waals surface area contributed by atoms with Crippen molar-refractivity contribution in [2.45, 2.75) is 58.3 Å². The summed E-state index contributed by atoms with van der Waals surface area (Å²) < 4.78 is 17.9. The van der Waals surface area contributed by atoms with E-state index in [1.807, 2.05) is 27.7 Å². The van der Waals surface area contributed by atoms with Crippen LogP contribution in [0, 0.1) is 0 Å². The summed E-state index contributed by atoms with van der Waals surface area (Å²) in [6, 6.07) is 0.776. The molecular weight excluding hydrogens is 244 g/mol. The van der Waals surface area contributed by atoms with E-state index in [2.05, 4.69) is 20.1 Å². The summed E-state index contributed by atoms with van der Waals surface area (Å²) in [5, 5.41) is 0. The molecule has 0 atom stereocenters. The summed E-state index contributed by atoms with van der Waals surface area (Å²) in [6.45, 7) is 17.5. The fourth-order valence-electron chi connectivity index (χ4n) is 1.50. The zero-order valence-electron chi connectivity index (χ0n) is 12.7. The van der Waals surface area contributed by atoms with Crippen molar-refractivity contribution in [3.05, 3.63) is 25.3 Å². The molecule has 0 amide bonds. The maximum atomic E-state index is 6.13. The van der Waals surface area contributed by atoms with Crippen LogP contribution in [-0.2, 0) is 13.3 Å². The van der Waals surface area contributed by atoms with Gasteiger partial charge in [-0.15, -0.1) is 13.2 Å². The van der Waals surface area contributed by atoms with Crippen LogP contribution in [0.25, 0.3) is 0 Å². The van der Waals surface area contributed by atoms with Gasteiger partial charge in [-0.2, -0.15) is 0 Å². The van der Waals surface area contributed by atoms with Crippen LogP contribution in [0.2, 0.25) is 6.04 Å². The zero-order valence-corrected chi connectivity index (χ0v) is 13.7.